The van der Waals surface area contributed by atoms with Crippen LogP contribution in [0.15, 0.2) is 35.0 Å². The molecule has 0 aromatic carbocycles. The molecule has 0 fully saturated rings. The molecule has 0 saturated carbocycles. The molecule has 70 valence electrons. The third-order valence-corrected chi connectivity index (χ3v) is 1.53. The molecule has 0 atom stereocenters. The zero-order valence-electron chi connectivity index (χ0n) is 7.58. The molecule has 1 aromatic rings. The summed E-state index contributed by atoms with van der Waals surface area (Å²) in [6.07, 6.45) is 1.97. The van der Waals surface area contributed by atoms with Crippen molar-refractivity contribution in [1.82, 2.24) is 0 Å². The molecule has 1 rings (SSSR count). The van der Waals surface area contributed by atoms with Crippen LogP contribution in [0.3, 0.4) is 0 Å². The second-order valence-corrected chi connectivity index (χ2v) is 2.58. The Morgan fingerprint density at radius 3 is 3.00 bits per heavy atom. The molecular formula is C10H12O3. The minimum atomic E-state index is -0.362. The van der Waals surface area contributed by atoms with E-state index in [1.165, 1.54) is 0 Å². The van der Waals surface area contributed by atoms with Gasteiger partial charge in [-0.3, -0.25) is 0 Å². The molecule has 0 spiro atoms. The summed E-state index contributed by atoms with van der Waals surface area (Å²) in [6, 6.07) is 3.57. The van der Waals surface area contributed by atoms with Crippen LogP contribution in [0.1, 0.15) is 12.7 Å². The Morgan fingerprint density at radius 1 is 1.69 bits per heavy atom. The minimum Gasteiger partial charge on any atom is -0.469 e. The fourth-order valence-corrected chi connectivity index (χ4v) is 0.929. The molecule has 13 heavy (non-hydrogen) atoms. The summed E-state index contributed by atoms with van der Waals surface area (Å²) in [5.74, 6) is 0.358. The van der Waals surface area contributed by atoms with Gasteiger partial charge in [0.05, 0.1) is 12.9 Å². The molecule has 0 N–H and O–H groups in total. The second kappa shape index (κ2) is 4.50. The average molecular weight is 180 g/mol. The third kappa shape index (κ3) is 2.78. The van der Waals surface area contributed by atoms with Crippen molar-refractivity contribution in [3.63, 3.8) is 0 Å². The fourth-order valence-electron chi connectivity index (χ4n) is 0.929. The predicted octanol–water partition coefficient (Wildman–Crippen LogP) is 1.94. The lowest BCUT2D eigenvalue weighted by Crippen LogP contribution is -2.08. The number of ether oxygens (including phenoxy) is 1. The lowest BCUT2D eigenvalue weighted by molar-refractivity contribution is -0.138. The van der Waals surface area contributed by atoms with E-state index in [0.29, 0.717) is 18.6 Å². The first-order valence-corrected chi connectivity index (χ1v) is 4.11. The fraction of sp³-hybridized carbons (Fsp3) is 0.300. The number of hydrogen-bond donors (Lipinski definition) is 0. The Bertz CT molecular complexity index is 285. The third-order valence-electron chi connectivity index (χ3n) is 1.53. The molecule has 1 aromatic heterocycles. The van der Waals surface area contributed by atoms with Crippen molar-refractivity contribution >= 4 is 5.97 Å². The van der Waals surface area contributed by atoms with Gasteiger partial charge in [-0.25, -0.2) is 4.79 Å². The number of esters is 1. The van der Waals surface area contributed by atoms with Crippen LogP contribution in [0.25, 0.3) is 0 Å². The molecule has 1 heterocycles. The van der Waals surface area contributed by atoms with Crippen LogP contribution < -0.4 is 0 Å². The van der Waals surface area contributed by atoms with Crippen molar-refractivity contribution in [2.75, 3.05) is 6.61 Å². The zero-order chi connectivity index (χ0) is 9.68. The first kappa shape index (κ1) is 9.58. The van der Waals surface area contributed by atoms with Crippen LogP contribution in [0, 0.1) is 0 Å². The van der Waals surface area contributed by atoms with Crippen molar-refractivity contribution in [3.8, 4) is 0 Å². The van der Waals surface area contributed by atoms with Gasteiger partial charge in [0.2, 0.25) is 0 Å². The van der Waals surface area contributed by atoms with Crippen LogP contribution in [0.2, 0.25) is 0 Å². The maximum absolute atomic E-state index is 11.1. The molecule has 0 unspecified atom stereocenters. The van der Waals surface area contributed by atoms with Crippen molar-refractivity contribution in [3.05, 3.63) is 36.3 Å². The van der Waals surface area contributed by atoms with Gasteiger partial charge in [-0.1, -0.05) is 6.58 Å². The van der Waals surface area contributed by atoms with E-state index in [-0.39, 0.29) is 5.97 Å². The van der Waals surface area contributed by atoms with Gasteiger partial charge < -0.3 is 9.15 Å². The van der Waals surface area contributed by atoms with E-state index in [4.69, 9.17) is 9.15 Å². The molecule has 0 radical (unpaired) electrons. The molecule has 0 amide bonds. The van der Waals surface area contributed by atoms with E-state index in [2.05, 4.69) is 6.58 Å². The highest BCUT2D eigenvalue weighted by Gasteiger charge is 2.09. The summed E-state index contributed by atoms with van der Waals surface area (Å²) >= 11 is 0. The quantitative estimate of drug-likeness (QED) is 0.525. The van der Waals surface area contributed by atoms with E-state index in [1.807, 2.05) is 0 Å². The smallest absolute Gasteiger partial charge is 0.333 e. The molecule has 3 heteroatoms. The van der Waals surface area contributed by atoms with Gasteiger partial charge in [-0.2, -0.15) is 0 Å². The Kier molecular flexibility index (Phi) is 3.31. The largest absolute Gasteiger partial charge is 0.469 e. The first-order valence-electron chi connectivity index (χ1n) is 4.11. The molecular weight excluding hydrogens is 168 g/mol. The van der Waals surface area contributed by atoms with Crippen LogP contribution in [-0.4, -0.2) is 12.6 Å². The summed E-state index contributed by atoms with van der Waals surface area (Å²) in [5.41, 5.74) is 0.414. The van der Waals surface area contributed by atoms with E-state index in [9.17, 15) is 4.79 Å². The Labute approximate surface area is 77.0 Å². The van der Waals surface area contributed by atoms with Gasteiger partial charge in [0.25, 0.3) is 0 Å². The van der Waals surface area contributed by atoms with Crippen molar-refractivity contribution < 1.29 is 13.9 Å². The number of furan rings is 1. The topological polar surface area (TPSA) is 39.4 Å². The maximum atomic E-state index is 11.1. The molecule has 0 bridgehead atoms. The van der Waals surface area contributed by atoms with E-state index >= 15 is 0 Å². The van der Waals surface area contributed by atoms with Gasteiger partial charge in [-0.15, -0.1) is 0 Å². The number of hydrogen-bond acceptors (Lipinski definition) is 3. The lowest BCUT2D eigenvalue weighted by Gasteiger charge is -2.02. The van der Waals surface area contributed by atoms with Gasteiger partial charge in [0.1, 0.15) is 5.76 Å². The number of carbonyl (C=O) groups is 1. The molecule has 0 aliphatic rings. The van der Waals surface area contributed by atoms with Crippen LogP contribution in [0.4, 0.5) is 0 Å². The lowest BCUT2D eigenvalue weighted by atomic mass is 10.2. The monoisotopic (exact) mass is 180 g/mol. The SMILES string of the molecule is C=C(Cc1ccco1)C(=O)OCC. The Balaban J connectivity index is 2.46. The van der Waals surface area contributed by atoms with Gasteiger partial charge in [0.15, 0.2) is 0 Å². The Hall–Kier alpha value is -1.51. The summed E-state index contributed by atoms with van der Waals surface area (Å²) in [4.78, 5) is 11.1. The van der Waals surface area contributed by atoms with Crippen molar-refractivity contribution in [1.29, 1.82) is 0 Å². The van der Waals surface area contributed by atoms with Gasteiger partial charge >= 0.3 is 5.97 Å². The van der Waals surface area contributed by atoms with E-state index < -0.39 is 0 Å². The highest BCUT2D eigenvalue weighted by atomic mass is 16.5. The van der Waals surface area contributed by atoms with Crippen LogP contribution in [0.5, 0.6) is 0 Å². The minimum absolute atomic E-state index is 0.362. The molecule has 3 nitrogen and oxygen atoms in total. The van der Waals surface area contributed by atoms with Gasteiger partial charge in [-0.05, 0) is 19.1 Å². The average Bonchev–Trinajstić information content (AvgIpc) is 2.57. The predicted molar refractivity (Wildman–Crippen MR) is 48.2 cm³/mol. The summed E-state index contributed by atoms with van der Waals surface area (Å²) in [5, 5.41) is 0. The zero-order valence-corrected chi connectivity index (χ0v) is 7.58. The molecule has 0 aliphatic heterocycles. The van der Waals surface area contributed by atoms with Crippen molar-refractivity contribution in [2.45, 2.75) is 13.3 Å². The second-order valence-electron chi connectivity index (χ2n) is 2.58. The summed E-state index contributed by atoms with van der Waals surface area (Å²) in [6.45, 7) is 5.75. The van der Waals surface area contributed by atoms with Crippen LogP contribution >= 0.6 is 0 Å². The normalized spacial score (nSPS) is 9.62. The van der Waals surface area contributed by atoms with Crippen molar-refractivity contribution in [2.24, 2.45) is 0 Å². The standard InChI is InChI=1S/C10H12O3/c1-3-12-10(11)8(2)7-9-5-4-6-13-9/h4-6H,2-3,7H2,1H3. The summed E-state index contributed by atoms with van der Waals surface area (Å²) < 4.78 is 9.84. The molecule has 0 saturated heterocycles. The molecule has 0 aliphatic carbocycles. The highest BCUT2D eigenvalue weighted by Crippen LogP contribution is 2.08. The van der Waals surface area contributed by atoms with Crippen LogP contribution in [-0.2, 0) is 16.0 Å². The van der Waals surface area contributed by atoms with Gasteiger partial charge in [0, 0.05) is 12.0 Å². The van der Waals surface area contributed by atoms with E-state index in [0.717, 1.165) is 5.76 Å². The highest BCUT2D eigenvalue weighted by molar-refractivity contribution is 5.88. The van der Waals surface area contributed by atoms with E-state index in [1.54, 1.807) is 25.3 Å². The Morgan fingerprint density at radius 2 is 2.46 bits per heavy atom. The summed E-state index contributed by atoms with van der Waals surface area (Å²) in [7, 11) is 0. The maximum Gasteiger partial charge on any atom is 0.333 e. The first-order chi connectivity index (χ1) is 6.24. The number of carbonyl (C=O) groups excluding carboxylic acids is 1. The number of rotatable bonds is 4.